The van der Waals surface area contributed by atoms with Crippen LogP contribution in [0.2, 0.25) is 0 Å². The molecule has 0 heterocycles. The Hall–Kier alpha value is -1.39. The lowest BCUT2D eigenvalue weighted by molar-refractivity contribution is -0.122. The number of unbranched alkanes of at least 4 members (excludes halogenated alkanes) is 2. The largest absolute Gasteiger partial charge is 0.385 e. The molecule has 19 heavy (non-hydrogen) atoms. The molecule has 1 amide bonds. The van der Waals surface area contributed by atoms with E-state index in [-0.39, 0.29) is 5.91 Å². The van der Waals surface area contributed by atoms with Crippen LogP contribution in [0.1, 0.15) is 24.8 Å². The molecule has 0 aliphatic carbocycles. The summed E-state index contributed by atoms with van der Waals surface area (Å²) in [5, 5.41) is 2.87. The van der Waals surface area contributed by atoms with Crippen molar-refractivity contribution in [2.75, 3.05) is 20.3 Å². The van der Waals surface area contributed by atoms with Gasteiger partial charge in [0.05, 0.1) is 6.04 Å². The normalized spacial score (nSPS) is 12.1. The van der Waals surface area contributed by atoms with Crippen molar-refractivity contribution in [3.05, 3.63) is 35.9 Å². The van der Waals surface area contributed by atoms with Crippen LogP contribution in [-0.4, -0.2) is 32.2 Å². The van der Waals surface area contributed by atoms with Crippen molar-refractivity contribution in [2.24, 2.45) is 5.73 Å². The van der Waals surface area contributed by atoms with Gasteiger partial charge >= 0.3 is 0 Å². The maximum atomic E-state index is 11.8. The van der Waals surface area contributed by atoms with E-state index in [4.69, 9.17) is 10.5 Å². The number of methoxy groups -OCH3 is 1. The second kappa shape index (κ2) is 9.53. The van der Waals surface area contributed by atoms with Crippen molar-refractivity contribution in [3.63, 3.8) is 0 Å². The van der Waals surface area contributed by atoms with Crippen molar-refractivity contribution in [2.45, 2.75) is 31.7 Å². The third-order valence-electron chi connectivity index (χ3n) is 2.96. The second-order valence-electron chi connectivity index (χ2n) is 4.64. The molecule has 0 aliphatic rings. The number of carbonyl (C=O) groups is 1. The molecule has 1 aromatic carbocycles. The highest BCUT2D eigenvalue weighted by atomic mass is 16.5. The summed E-state index contributed by atoms with van der Waals surface area (Å²) < 4.78 is 4.97. The predicted molar refractivity (Wildman–Crippen MR) is 76.9 cm³/mol. The molecule has 0 bridgehead atoms. The highest BCUT2D eigenvalue weighted by molar-refractivity contribution is 5.81. The van der Waals surface area contributed by atoms with Crippen LogP contribution in [0, 0.1) is 0 Å². The van der Waals surface area contributed by atoms with Crippen LogP contribution in [0.3, 0.4) is 0 Å². The van der Waals surface area contributed by atoms with Crippen LogP contribution < -0.4 is 11.1 Å². The summed E-state index contributed by atoms with van der Waals surface area (Å²) in [5.41, 5.74) is 6.97. The van der Waals surface area contributed by atoms with Gasteiger partial charge in [0.1, 0.15) is 0 Å². The molecule has 1 aromatic rings. The topological polar surface area (TPSA) is 64.3 Å². The molecular weight excluding hydrogens is 240 g/mol. The first-order chi connectivity index (χ1) is 9.24. The monoisotopic (exact) mass is 264 g/mol. The van der Waals surface area contributed by atoms with Crippen molar-refractivity contribution in [1.82, 2.24) is 5.32 Å². The first-order valence-corrected chi connectivity index (χ1v) is 6.80. The van der Waals surface area contributed by atoms with E-state index in [1.165, 1.54) is 0 Å². The van der Waals surface area contributed by atoms with Gasteiger partial charge in [0.15, 0.2) is 0 Å². The Morgan fingerprint density at radius 1 is 1.26 bits per heavy atom. The van der Waals surface area contributed by atoms with E-state index >= 15 is 0 Å². The van der Waals surface area contributed by atoms with Gasteiger partial charge in [-0.2, -0.15) is 0 Å². The van der Waals surface area contributed by atoms with Crippen molar-refractivity contribution >= 4 is 5.91 Å². The molecule has 0 saturated carbocycles. The lowest BCUT2D eigenvalue weighted by Gasteiger charge is -2.12. The van der Waals surface area contributed by atoms with Crippen molar-refractivity contribution in [1.29, 1.82) is 0 Å². The highest BCUT2D eigenvalue weighted by Crippen LogP contribution is 2.02. The summed E-state index contributed by atoms with van der Waals surface area (Å²) in [4.78, 5) is 11.8. The minimum atomic E-state index is -0.471. The number of hydrogen-bond acceptors (Lipinski definition) is 3. The first-order valence-electron chi connectivity index (χ1n) is 6.80. The lowest BCUT2D eigenvalue weighted by Crippen LogP contribution is -2.42. The van der Waals surface area contributed by atoms with E-state index < -0.39 is 6.04 Å². The number of ether oxygens (including phenoxy) is 1. The molecule has 0 aromatic heterocycles. The van der Waals surface area contributed by atoms with Crippen LogP contribution in [-0.2, 0) is 16.0 Å². The van der Waals surface area contributed by atoms with E-state index in [1.54, 1.807) is 7.11 Å². The average molecular weight is 264 g/mol. The van der Waals surface area contributed by atoms with Crippen molar-refractivity contribution in [3.8, 4) is 0 Å². The number of carbonyl (C=O) groups excluding carboxylic acids is 1. The summed E-state index contributed by atoms with van der Waals surface area (Å²) in [6, 6.07) is 9.36. The summed E-state index contributed by atoms with van der Waals surface area (Å²) in [7, 11) is 1.70. The molecule has 1 atom stereocenters. The van der Waals surface area contributed by atoms with E-state index in [9.17, 15) is 4.79 Å². The minimum absolute atomic E-state index is 0.0735. The van der Waals surface area contributed by atoms with Crippen molar-refractivity contribution < 1.29 is 9.53 Å². The minimum Gasteiger partial charge on any atom is -0.385 e. The number of rotatable bonds is 9. The molecule has 0 fully saturated rings. The van der Waals surface area contributed by atoms with Gasteiger partial charge in [-0.3, -0.25) is 4.79 Å². The van der Waals surface area contributed by atoms with Gasteiger partial charge < -0.3 is 15.8 Å². The summed E-state index contributed by atoms with van der Waals surface area (Å²) >= 11 is 0. The standard InChI is InChI=1S/C15H24N2O2/c1-19-11-7-3-6-10-17-15(18)14(16)12-13-8-4-2-5-9-13/h2,4-5,8-9,14H,3,6-7,10-12,16H2,1H3,(H,17,18)/t14-/m0/s1. The smallest absolute Gasteiger partial charge is 0.237 e. The number of nitrogens with two attached hydrogens (primary N) is 1. The van der Waals surface area contributed by atoms with Gasteiger partial charge in [0.25, 0.3) is 0 Å². The molecule has 3 N–H and O–H groups in total. The molecule has 0 unspecified atom stereocenters. The summed E-state index contributed by atoms with van der Waals surface area (Å²) in [6.45, 7) is 1.46. The third-order valence-corrected chi connectivity index (χ3v) is 2.96. The fourth-order valence-electron chi connectivity index (χ4n) is 1.85. The molecule has 1 rings (SSSR count). The highest BCUT2D eigenvalue weighted by Gasteiger charge is 2.12. The molecule has 4 nitrogen and oxygen atoms in total. The summed E-state index contributed by atoms with van der Waals surface area (Å²) in [5.74, 6) is -0.0735. The number of nitrogens with one attached hydrogen (secondary N) is 1. The van der Waals surface area contributed by atoms with Gasteiger partial charge in [-0.1, -0.05) is 30.3 Å². The fourth-order valence-corrected chi connectivity index (χ4v) is 1.85. The van der Waals surface area contributed by atoms with E-state index in [2.05, 4.69) is 5.32 Å². The zero-order valence-corrected chi connectivity index (χ0v) is 11.6. The Morgan fingerprint density at radius 3 is 2.68 bits per heavy atom. The first kappa shape index (κ1) is 15.7. The average Bonchev–Trinajstić information content (AvgIpc) is 2.43. The van der Waals surface area contributed by atoms with Crippen LogP contribution in [0.15, 0.2) is 30.3 Å². The van der Waals surface area contributed by atoms with E-state index in [0.29, 0.717) is 13.0 Å². The van der Waals surface area contributed by atoms with Crippen LogP contribution in [0.4, 0.5) is 0 Å². The molecule has 0 aliphatic heterocycles. The summed E-state index contributed by atoms with van der Waals surface area (Å²) in [6.07, 6.45) is 3.63. The lowest BCUT2D eigenvalue weighted by atomic mass is 10.1. The molecule has 4 heteroatoms. The third kappa shape index (κ3) is 6.94. The van der Waals surface area contributed by atoms with E-state index in [1.807, 2.05) is 30.3 Å². The van der Waals surface area contributed by atoms with Gasteiger partial charge in [0.2, 0.25) is 5.91 Å². The molecule has 0 saturated heterocycles. The van der Waals surface area contributed by atoms with Gasteiger partial charge in [-0.25, -0.2) is 0 Å². The Kier molecular flexibility index (Phi) is 7.86. The zero-order chi connectivity index (χ0) is 13.9. The fraction of sp³-hybridized carbons (Fsp3) is 0.533. The van der Waals surface area contributed by atoms with Crippen LogP contribution in [0.5, 0.6) is 0 Å². The zero-order valence-electron chi connectivity index (χ0n) is 11.6. The number of hydrogen-bond donors (Lipinski definition) is 2. The second-order valence-corrected chi connectivity index (χ2v) is 4.64. The Morgan fingerprint density at radius 2 is 2.00 bits per heavy atom. The predicted octanol–water partition coefficient (Wildman–Crippen LogP) is 1.49. The van der Waals surface area contributed by atoms with Gasteiger partial charge in [-0.15, -0.1) is 0 Å². The van der Waals surface area contributed by atoms with Gasteiger partial charge in [-0.05, 0) is 31.2 Å². The molecule has 0 radical (unpaired) electrons. The molecule has 0 spiro atoms. The SMILES string of the molecule is COCCCCCNC(=O)[C@@H](N)Cc1ccccc1. The van der Waals surface area contributed by atoms with Gasteiger partial charge in [0, 0.05) is 20.3 Å². The molecule has 106 valence electrons. The maximum absolute atomic E-state index is 11.8. The maximum Gasteiger partial charge on any atom is 0.237 e. The Labute approximate surface area is 115 Å². The quantitative estimate of drug-likeness (QED) is 0.664. The van der Waals surface area contributed by atoms with Crippen LogP contribution >= 0.6 is 0 Å². The van der Waals surface area contributed by atoms with Crippen LogP contribution in [0.25, 0.3) is 0 Å². The number of benzene rings is 1. The Bertz CT molecular complexity index is 354. The Balaban J connectivity index is 2.15. The number of amides is 1. The van der Waals surface area contributed by atoms with E-state index in [0.717, 1.165) is 31.4 Å². The molecular formula is C15H24N2O2.